The Balaban J connectivity index is 2.86. The van der Waals surface area contributed by atoms with E-state index in [4.69, 9.17) is 4.74 Å². The molecule has 9 heteroatoms. The summed E-state index contributed by atoms with van der Waals surface area (Å²) in [5.74, 6) is -1.23. The molecule has 0 aliphatic heterocycles. The van der Waals surface area contributed by atoms with Crippen LogP contribution in [0.25, 0.3) is 0 Å². The van der Waals surface area contributed by atoms with Gasteiger partial charge in [0.1, 0.15) is 5.75 Å². The molecule has 0 saturated carbocycles. The number of alkyl halides is 3. The number of hydrogen-bond acceptors (Lipinski definition) is 5. The summed E-state index contributed by atoms with van der Waals surface area (Å²) in [4.78, 5) is 11.4. The maximum Gasteiger partial charge on any atom is 0.534 e. The van der Waals surface area contributed by atoms with Crippen molar-refractivity contribution in [2.75, 3.05) is 0 Å². The SMILES string of the molecule is CC(C)OC(=O)c1ccc(OS(=O)(=O)C(F)(F)F)cc1. The maximum absolute atomic E-state index is 12.1. The Bertz CT molecular complexity index is 575. The Kier molecular flexibility index (Phi) is 4.64. The standard InChI is InChI=1S/C11H11F3O5S/c1-7(2)18-10(15)8-3-5-9(6-4-8)19-20(16,17)11(12,13)14/h3-7H,1-2H3. The first kappa shape index (κ1) is 16.3. The fraction of sp³-hybridized carbons (Fsp3) is 0.364. The van der Waals surface area contributed by atoms with Crippen molar-refractivity contribution in [3.8, 4) is 5.75 Å². The normalized spacial score (nSPS) is 12.3. The molecule has 0 aromatic heterocycles. The second kappa shape index (κ2) is 5.70. The lowest BCUT2D eigenvalue weighted by Crippen LogP contribution is -2.28. The van der Waals surface area contributed by atoms with Gasteiger partial charge in [-0.2, -0.15) is 21.6 Å². The number of benzene rings is 1. The van der Waals surface area contributed by atoms with Crippen molar-refractivity contribution in [3.05, 3.63) is 29.8 Å². The molecule has 1 aromatic carbocycles. The first-order valence-electron chi connectivity index (χ1n) is 5.35. The molecule has 0 radical (unpaired) electrons. The quantitative estimate of drug-likeness (QED) is 0.485. The highest BCUT2D eigenvalue weighted by Crippen LogP contribution is 2.27. The Hall–Kier alpha value is -1.77. The average molecular weight is 312 g/mol. The number of hydrogen-bond donors (Lipinski definition) is 0. The van der Waals surface area contributed by atoms with E-state index in [0.717, 1.165) is 24.3 Å². The summed E-state index contributed by atoms with van der Waals surface area (Å²) in [5, 5.41) is 0. The second-order valence-electron chi connectivity index (χ2n) is 3.96. The first-order valence-corrected chi connectivity index (χ1v) is 6.75. The molecule has 0 spiro atoms. The number of ether oxygens (including phenoxy) is 1. The molecule has 0 heterocycles. The zero-order chi connectivity index (χ0) is 15.6. The third kappa shape index (κ3) is 4.12. The lowest BCUT2D eigenvalue weighted by Gasteiger charge is -2.10. The van der Waals surface area contributed by atoms with Gasteiger partial charge in [0.15, 0.2) is 0 Å². The summed E-state index contributed by atoms with van der Waals surface area (Å²) < 4.78 is 66.5. The molecule has 5 nitrogen and oxygen atoms in total. The molecule has 0 bridgehead atoms. The van der Waals surface area contributed by atoms with Crippen molar-refractivity contribution in [3.63, 3.8) is 0 Å². The Morgan fingerprint density at radius 1 is 1.15 bits per heavy atom. The number of esters is 1. The Labute approximate surface area is 113 Å². The van der Waals surface area contributed by atoms with Gasteiger partial charge in [0.05, 0.1) is 11.7 Å². The molecule has 0 fully saturated rings. The van der Waals surface area contributed by atoms with E-state index in [1.54, 1.807) is 13.8 Å². The molecule has 0 saturated heterocycles. The molecular weight excluding hydrogens is 301 g/mol. The number of rotatable bonds is 4. The van der Waals surface area contributed by atoms with Crippen LogP contribution in [0.5, 0.6) is 5.75 Å². The number of carbonyl (C=O) groups is 1. The summed E-state index contributed by atoms with van der Waals surface area (Å²) in [6, 6.07) is 4.07. The smallest absolute Gasteiger partial charge is 0.459 e. The van der Waals surface area contributed by atoms with Crippen molar-refractivity contribution in [2.45, 2.75) is 25.5 Å². The molecular formula is C11H11F3O5S. The highest BCUT2D eigenvalue weighted by Gasteiger charge is 2.48. The second-order valence-corrected chi connectivity index (χ2v) is 5.50. The van der Waals surface area contributed by atoms with E-state index in [1.165, 1.54) is 0 Å². The van der Waals surface area contributed by atoms with Gasteiger partial charge < -0.3 is 8.92 Å². The third-order valence-corrected chi connectivity index (χ3v) is 2.90. The molecule has 0 atom stereocenters. The van der Waals surface area contributed by atoms with Gasteiger partial charge >= 0.3 is 21.6 Å². The van der Waals surface area contributed by atoms with E-state index in [2.05, 4.69) is 4.18 Å². The van der Waals surface area contributed by atoms with Gasteiger partial charge in [-0.25, -0.2) is 4.79 Å². The first-order chi connectivity index (χ1) is 9.03. The molecule has 0 aliphatic carbocycles. The summed E-state index contributed by atoms with van der Waals surface area (Å²) >= 11 is 0. The van der Waals surface area contributed by atoms with E-state index in [-0.39, 0.29) is 11.7 Å². The minimum Gasteiger partial charge on any atom is -0.459 e. The number of carbonyl (C=O) groups excluding carboxylic acids is 1. The predicted octanol–water partition coefficient (Wildman–Crippen LogP) is 2.48. The maximum atomic E-state index is 12.1. The van der Waals surface area contributed by atoms with Crippen LogP contribution in [0.15, 0.2) is 24.3 Å². The van der Waals surface area contributed by atoms with Gasteiger partial charge in [-0.05, 0) is 38.1 Å². The van der Waals surface area contributed by atoms with Crippen molar-refractivity contribution < 1.29 is 35.3 Å². The van der Waals surface area contributed by atoms with Gasteiger partial charge in [0, 0.05) is 0 Å². The van der Waals surface area contributed by atoms with E-state index in [0.29, 0.717) is 0 Å². The highest BCUT2D eigenvalue weighted by atomic mass is 32.2. The lowest BCUT2D eigenvalue weighted by molar-refractivity contribution is -0.0500. The molecule has 20 heavy (non-hydrogen) atoms. The summed E-state index contributed by atoms with van der Waals surface area (Å²) in [7, 11) is -5.72. The van der Waals surface area contributed by atoms with Crippen LogP contribution in [0.2, 0.25) is 0 Å². The zero-order valence-corrected chi connectivity index (χ0v) is 11.3. The van der Waals surface area contributed by atoms with Crippen LogP contribution in [-0.2, 0) is 14.9 Å². The minimum atomic E-state index is -5.72. The highest BCUT2D eigenvalue weighted by molar-refractivity contribution is 7.87. The molecule has 1 aromatic rings. The van der Waals surface area contributed by atoms with E-state index in [9.17, 15) is 26.4 Å². The molecule has 0 unspecified atom stereocenters. The van der Waals surface area contributed by atoms with Crippen LogP contribution < -0.4 is 4.18 Å². The van der Waals surface area contributed by atoms with E-state index >= 15 is 0 Å². The minimum absolute atomic E-state index is 0.0652. The summed E-state index contributed by atoms with van der Waals surface area (Å²) in [5.41, 5.74) is -5.45. The molecule has 0 amide bonds. The molecule has 0 N–H and O–H groups in total. The van der Waals surface area contributed by atoms with Crippen molar-refractivity contribution in [1.82, 2.24) is 0 Å². The zero-order valence-electron chi connectivity index (χ0n) is 10.5. The summed E-state index contributed by atoms with van der Waals surface area (Å²) in [6.45, 7) is 3.26. The van der Waals surface area contributed by atoms with Gasteiger partial charge in [0.2, 0.25) is 0 Å². The third-order valence-electron chi connectivity index (χ3n) is 1.92. The summed E-state index contributed by atoms with van der Waals surface area (Å²) in [6.07, 6.45) is -0.357. The average Bonchev–Trinajstić information content (AvgIpc) is 2.26. The van der Waals surface area contributed by atoms with Crippen LogP contribution in [0.1, 0.15) is 24.2 Å². The molecule has 0 aliphatic rings. The van der Waals surface area contributed by atoms with Crippen LogP contribution in [0.4, 0.5) is 13.2 Å². The Morgan fingerprint density at radius 3 is 2.05 bits per heavy atom. The largest absolute Gasteiger partial charge is 0.534 e. The monoisotopic (exact) mass is 312 g/mol. The van der Waals surface area contributed by atoms with Gasteiger partial charge in [-0.15, -0.1) is 0 Å². The molecule has 1 rings (SSSR count). The van der Waals surface area contributed by atoms with Gasteiger partial charge in [-0.1, -0.05) is 0 Å². The van der Waals surface area contributed by atoms with Crippen molar-refractivity contribution in [2.24, 2.45) is 0 Å². The van der Waals surface area contributed by atoms with Crippen LogP contribution >= 0.6 is 0 Å². The lowest BCUT2D eigenvalue weighted by atomic mass is 10.2. The van der Waals surface area contributed by atoms with Crippen LogP contribution in [0.3, 0.4) is 0 Å². The molecule has 112 valence electrons. The van der Waals surface area contributed by atoms with E-state index in [1.807, 2.05) is 0 Å². The fourth-order valence-electron chi connectivity index (χ4n) is 1.10. The number of halogens is 3. The van der Waals surface area contributed by atoms with Gasteiger partial charge in [-0.3, -0.25) is 0 Å². The fourth-order valence-corrected chi connectivity index (χ4v) is 1.56. The van der Waals surface area contributed by atoms with Crippen LogP contribution in [-0.4, -0.2) is 26.0 Å². The van der Waals surface area contributed by atoms with Crippen LogP contribution in [0, 0.1) is 0 Å². The van der Waals surface area contributed by atoms with Crippen molar-refractivity contribution >= 4 is 16.1 Å². The Morgan fingerprint density at radius 2 is 1.65 bits per heavy atom. The van der Waals surface area contributed by atoms with Crippen molar-refractivity contribution in [1.29, 1.82) is 0 Å². The van der Waals surface area contributed by atoms with E-state index < -0.39 is 27.3 Å². The van der Waals surface area contributed by atoms with Gasteiger partial charge in [0.25, 0.3) is 0 Å². The topological polar surface area (TPSA) is 69.7 Å². The predicted molar refractivity (Wildman–Crippen MR) is 62.6 cm³/mol.